The average molecular weight is 811 g/mol. The van der Waals surface area contributed by atoms with Crippen LogP contribution in [0, 0.1) is 11.3 Å². The SMILES string of the molecule is CCC[C@H]1N(C(=O)c2ncccc2C(F)(F)F)CCC[C@@]1(Oc1csc(C(F)(F)F)c1)C(=O)N1CCC(C#N)(c2ccccc2OCCCCCC(O)O)CC1. The van der Waals surface area contributed by atoms with Crippen LogP contribution in [0.3, 0.4) is 0 Å². The molecule has 304 valence electrons. The fourth-order valence-corrected chi connectivity index (χ4v) is 8.33. The molecule has 0 aliphatic carbocycles. The monoisotopic (exact) mass is 810 g/mol. The third kappa shape index (κ3) is 9.41. The van der Waals surface area contributed by atoms with Crippen molar-refractivity contribution < 1.29 is 55.6 Å². The molecule has 5 rings (SSSR count). The molecule has 0 bridgehead atoms. The molecule has 56 heavy (non-hydrogen) atoms. The van der Waals surface area contributed by atoms with Gasteiger partial charge in [-0.15, -0.1) is 11.3 Å². The Balaban J connectivity index is 1.46. The summed E-state index contributed by atoms with van der Waals surface area (Å²) in [5.41, 5.74) is -4.56. The van der Waals surface area contributed by atoms with E-state index in [1.165, 1.54) is 4.90 Å². The standard InChI is InChI=1S/C39H44F6N4O6S/c1-2-10-30-37(55-26-23-31(56-24-26)39(43,44)45,15-9-19-49(30)34(52)33-28(38(40,41)42)12-8-18-47-33)35(53)48-20-16-36(25-46,17-21-48)27-11-5-6-13-29(27)54-22-7-3-4-14-32(50)51/h5-6,8,11-13,18,23-24,30,32,50-51H,2-4,7,9-10,14-17,19-22H2,1H3/t30-,37+/m1/s1. The third-order valence-corrected chi connectivity index (χ3v) is 11.4. The quantitative estimate of drug-likeness (QED) is 0.0960. The van der Waals surface area contributed by atoms with Crippen LogP contribution in [-0.2, 0) is 22.6 Å². The molecule has 0 saturated carbocycles. The van der Waals surface area contributed by atoms with Crippen molar-refractivity contribution in [3.05, 3.63) is 75.7 Å². The van der Waals surface area contributed by atoms with E-state index in [2.05, 4.69) is 11.1 Å². The van der Waals surface area contributed by atoms with E-state index in [1.54, 1.807) is 31.2 Å². The molecule has 2 aliphatic heterocycles. The number of amides is 2. The van der Waals surface area contributed by atoms with Crippen LogP contribution >= 0.6 is 11.3 Å². The molecule has 0 spiro atoms. The van der Waals surface area contributed by atoms with Crippen LogP contribution in [-0.4, -0.2) is 81.0 Å². The fourth-order valence-electron chi connectivity index (χ4n) is 7.65. The van der Waals surface area contributed by atoms with Crippen LogP contribution < -0.4 is 9.47 Å². The van der Waals surface area contributed by atoms with Crippen molar-refractivity contribution >= 4 is 23.2 Å². The van der Waals surface area contributed by atoms with Gasteiger partial charge in [-0.2, -0.15) is 31.6 Å². The molecule has 0 radical (unpaired) electrons. The number of piperidine rings is 2. The Hall–Kier alpha value is -4.40. The summed E-state index contributed by atoms with van der Waals surface area (Å²) < 4.78 is 95.7. The molecule has 2 aliphatic rings. The van der Waals surface area contributed by atoms with E-state index in [0.29, 0.717) is 54.9 Å². The molecule has 2 saturated heterocycles. The molecule has 3 aromatic rings. The maximum atomic E-state index is 15.0. The lowest BCUT2D eigenvalue weighted by Crippen LogP contribution is -2.68. The maximum Gasteiger partial charge on any atom is 0.425 e. The highest BCUT2D eigenvalue weighted by Gasteiger charge is 2.57. The first-order valence-electron chi connectivity index (χ1n) is 18.5. The summed E-state index contributed by atoms with van der Waals surface area (Å²) in [6.45, 7) is 2.07. The Morgan fingerprint density at radius 2 is 1.75 bits per heavy atom. The van der Waals surface area contributed by atoms with E-state index in [0.717, 1.165) is 34.7 Å². The predicted molar refractivity (Wildman–Crippen MR) is 193 cm³/mol. The molecule has 2 amide bonds. The first-order chi connectivity index (χ1) is 26.6. The summed E-state index contributed by atoms with van der Waals surface area (Å²) >= 11 is 0.368. The Morgan fingerprint density at radius 3 is 2.39 bits per heavy atom. The van der Waals surface area contributed by atoms with Crippen molar-refractivity contribution in [2.75, 3.05) is 26.2 Å². The number of hydrogen-bond acceptors (Lipinski definition) is 9. The van der Waals surface area contributed by atoms with Gasteiger partial charge in [0.25, 0.3) is 11.8 Å². The largest absolute Gasteiger partial charge is 0.493 e. The molecule has 2 aromatic heterocycles. The third-order valence-electron chi connectivity index (χ3n) is 10.4. The lowest BCUT2D eigenvalue weighted by atomic mass is 9.72. The highest BCUT2D eigenvalue weighted by molar-refractivity contribution is 7.10. The summed E-state index contributed by atoms with van der Waals surface area (Å²) in [7, 11) is 0. The van der Waals surface area contributed by atoms with Gasteiger partial charge in [0.05, 0.1) is 29.7 Å². The van der Waals surface area contributed by atoms with E-state index < -0.39 is 63.6 Å². The highest BCUT2D eigenvalue weighted by Crippen LogP contribution is 2.45. The van der Waals surface area contributed by atoms with Crippen molar-refractivity contribution in [2.24, 2.45) is 0 Å². The molecular formula is C39H44F6N4O6S. The van der Waals surface area contributed by atoms with Gasteiger partial charge in [-0.25, -0.2) is 0 Å². The Morgan fingerprint density at radius 1 is 1.02 bits per heavy atom. The number of carbonyl (C=O) groups excluding carboxylic acids is 2. The molecule has 1 aromatic carbocycles. The number of likely N-dealkylation sites (tertiary alicyclic amines) is 2. The van der Waals surface area contributed by atoms with E-state index in [-0.39, 0.29) is 63.9 Å². The topological polar surface area (TPSA) is 136 Å². The smallest absolute Gasteiger partial charge is 0.425 e. The molecule has 17 heteroatoms. The fraction of sp³-hybridized carbons (Fsp3) is 0.538. The minimum atomic E-state index is -4.92. The summed E-state index contributed by atoms with van der Waals surface area (Å²) in [4.78, 5) is 34.5. The molecule has 2 N–H and O–H groups in total. The van der Waals surface area contributed by atoms with Crippen LogP contribution in [0.2, 0.25) is 0 Å². The van der Waals surface area contributed by atoms with E-state index >= 15 is 0 Å². The number of para-hydroxylation sites is 1. The van der Waals surface area contributed by atoms with Gasteiger partial charge in [-0.1, -0.05) is 31.5 Å². The number of carbonyl (C=O) groups is 2. The van der Waals surface area contributed by atoms with Crippen molar-refractivity contribution in [1.29, 1.82) is 5.26 Å². The number of aliphatic hydroxyl groups is 2. The van der Waals surface area contributed by atoms with Crippen LogP contribution in [0.1, 0.15) is 97.6 Å². The number of pyridine rings is 1. The number of unbranched alkanes of at least 4 members (excludes halogenated alkanes) is 2. The molecule has 10 nitrogen and oxygen atoms in total. The second kappa shape index (κ2) is 17.8. The number of rotatable bonds is 14. The zero-order valence-corrected chi connectivity index (χ0v) is 31.6. The lowest BCUT2D eigenvalue weighted by Gasteiger charge is -2.51. The van der Waals surface area contributed by atoms with Crippen molar-refractivity contribution in [1.82, 2.24) is 14.8 Å². The Bertz CT molecular complexity index is 1860. The number of hydrogen-bond donors (Lipinski definition) is 2. The number of alkyl halides is 6. The van der Waals surface area contributed by atoms with Gasteiger partial charge < -0.3 is 29.5 Å². The zero-order chi connectivity index (χ0) is 40.7. The normalized spacial score (nSPS) is 20.1. The second-order valence-corrected chi connectivity index (χ2v) is 15.0. The summed E-state index contributed by atoms with van der Waals surface area (Å²) in [6.07, 6.45) is -7.00. The van der Waals surface area contributed by atoms with Crippen LogP contribution in [0.4, 0.5) is 26.3 Å². The van der Waals surface area contributed by atoms with Gasteiger partial charge in [0.15, 0.2) is 6.29 Å². The van der Waals surface area contributed by atoms with Crippen LogP contribution in [0.5, 0.6) is 11.5 Å². The van der Waals surface area contributed by atoms with E-state index in [1.807, 2.05) is 0 Å². The average Bonchev–Trinajstić information content (AvgIpc) is 3.65. The zero-order valence-electron chi connectivity index (χ0n) is 30.7. The van der Waals surface area contributed by atoms with Gasteiger partial charge in [0, 0.05) is 49.3 Å². The van der Waals surface area contributed by atoms with Gasteiger partial charge >= 0.3 is 12.4 Å². The number of thiophene rings is 1. The summed E-state index contributed by atoms with van der Waals surface area (Å²) in [5, 5.41) is 29.9. The minimum absolute atomic E-state index is 0.0258. The summed E-state index contributed by atoms with van der Waals surface area (Å²) in [6, 6.07) is 10.9. The van der Waals surface area contributed by atoms with Gasteiger partial charge in [-0.3, -0.25) is 14.6 Å². The molecule has 2 fully saturated rings. The second-order valence-electron chi connectivity index (χ2n) is 14.1. The minimum Gasteiger partial charge on any atom is -0.493 e. The number of ether oxygens (including phenoxy) is 2. The van der Waals surface area contributed by atoms with Crippen LogP contribution in [0.25, 0.3) is 0 Å². The molecule has 2 atom stereocenters. The first-order valence-corrected chi connectivity index (χ1v) is 19.4. The number of nitrogens with zero attached hydrogens (tertiary/aromatic N) is 4. The predicted octanol–water partition coefficient (Wildman–Crippen LogP) is 7.74. The van der Waals surface area contributed by atoms with Crippen molar-refractivity contribution in [2.45, 2.75) is 107 Å². The number of halogens is 6. The lowest BCUT2D eigenvalue weighted by molar-refractivity contribution is -0.160. The number of aromatic nitrogens is 1. The Labute approximate surface area is 324 Å². The first kappa shape index (κ1) is 42.7. The number of aliphatic hydroxyl groups excluding tert-OH is 1. The van der Waals surface area contributed by atoms with Crippen molar-refractivity contribution in [3.63, 3.8) is 0 Å². The van der Waals surface area contributed by atoms with E-state index in [9.17, 15) is 41.2 Å². The number of benzene rings is 1. The number of nitriles is 1. The highest BCUT2D eigenvalue weighted by atomic mass is 32.1. The van der Waals surface area contributed by atoms with Gasteiger partial charge in [0.2, 0.25) is 5.60 Å². The maximum absolute atomic E-state index is 15.0. The summed E-state index contributed by atoms with van der Waals surface area (Å²) in [5.74, 6) is -1.50. The van der Waals surface area contributed by atoms with Crippen LogP contribution in [0.15, 0.2) is 54.0 Å². The van der Waals surface area contributed by atoms with E-state index in [4.69, 9.17) is 19.7 Å². The molecule has 0 unspecified atom stereocenters. The van der Waals surface area contributed by atoms with Gasteiger partial charge in [0.1, 0.15) is 22.1 Å². The van der Waals surface area contributed by atoms with Gasteiger partial charge in [-0.05, 0) is 69.6 Å². The van der Waals surface area contributed by atoms with Crippen molar-refractivity contribution in [3.8, 4) is 17.6 Å². The Kier molecular flexibility index (Phi) is 13.6. The molecule has 4 heterocycles. The molecular weight excluding hydrogens is 767 g/mol.